The molecule has 0 aliphatic rings. The van der Waals surface area contributed by atoms with Crippen LogP contribution in [0.4, 0.5) is 0 Å². The lowest BCUT2D eigenvalue weighted by Crippen LogP contribution is -2.16. The Bertz CT molecular complexity index is 45.8. The summed E-state index contributed by atoms with van der Waals surface area (Å²) in [7, 11) is 2.79. The fraction of sp³-hybridized carbons (Fsp3) is 1.00. The first kappa shape index (κ1) is 8.39. The van der Waals surface area contributed by atoms with Crippen LogP contribution in [0.25, 0.3) is 0 Å². The second-order valence-corrected chi connectivity index (χ2v) is 3.26. The third-order valence-electron chi connectivity index (χ3n) is 1.03. The lowest BCUT2D eigenvalue weighted by atomic mass is 10.3. The zero-order chi connectivity index (χ0) is 6.41. The molecule has 0 amide bonds. The summed E-state index contributed by atoms with van der Waals surface area (Å²) in [5.41, 5.74) is 0.758. The van der Waals surface area contributed by atoms with Gasteiger partial charge in [-0.15, -0.1) is 9.24 Å². The standard InChI is InChI=1S/C6H16NP/c1-3-7-5-4-6(2)8/h6-7H,3-5,8H2,1-2H3/t6-/m0/s1. The van der Waals surface area contributed by atoms with E-state index >= 15 is 0 Å². The van der Waals surface area contributed by atoms with Gasteiger partial charge in [-0.3, -0.25) is 0 Å². The van der Waals surface area contributed by atoms with E-state index < -0.39 is 0 Å². The second kappa shape index (κ2) is 5.53. The number of hydrogen-bond donors (Lipinski definition) is 1. The maximum atomic E-state index is 3.27. The molecule has 8 heavy (non-hydrogen) atoms. The molecule has 0 spiro atoms. The first-order valence-corrected chi connectivity index (χ1v) is 3.90. The highest BCUT2D eigenvalue weighted by Gasteiger charge is 1.89. The van der Waals surface area contributed by atoms with Crippen molar-refractivity contribution < 1.29 is 0 Å². The Kier molecular flexibility index (Phi) is 5.79. The second-order valence-electron chi connectivity index (χ2n) is 2.12. The molecular weight excluding hydrogens is 117 g/mol. The van der Waals surface area contributed by atoms with Crippen LogP contribution in [0.2, 0.25) is 0 Å². The van der Waals surface area contributed by atoms with Crippen molar-refractivity contribution >= 4 is 9.24 Å². The van der Waals surface area contributed by atoms with E-state index in [0.29, 0.717) is 0 Å². The molecule has 0 aliphatic carbocycles. The first-order chi connectivity index (χ1) is 3.77. The van der Waals surface area contributed by atoms with Crippen molar-refractivity contribution in [3.63, 3.8) is 0 Å². The number of nitrogens with one attached hydrogen (secondary N) is 1. The molecule has 0 radical (unpaired) electrons. The monoisotopic (exact) mass is 133 g/mol. The van der Waals surface area contributed by atoms with Crippen LogP contribution in [-0.2, 0) is 0 Å². The van der Waals surface area contributed by atoms with Gasteiger partial charge in [-0.25, -0.2) is 0 Å². The van der Waals surface area contributed by atoms with Crippen LogP contribution in [0.3, 0.4) is 0 Å². The van der Waals surface area contributed by atoms with Gasteiger partial charge < -0.3 is 5.32 Å². The molecule has 0 saturated carbocycles. The zero-order valence-corrected chi connectivity index (χ0v) is 6.93. The molecule has 0 fully saturated rings. The van der Waals surface area contributed by atoms with E-state index in [2.05, 4.69) is 28.4 Å². The Balaban J connectivity index is 2.72. The quantitative estimate of drug-likeness (QED) is 0.449. The Hall–Kier alpha value is 0.390. The van der Waals surface area contributed by atoms with E-state index in [1.165, 1.54) is 6.42 Å². The normalized spacial score (nSPS) is 13.9. The minimum atomic E-state index is 0.758. The fourth-order valence-corrected chi connectivity index (χ4v) is 0.673. The maximum absolute atomic E-state index is 3.27. The molecule has 50 valence electrons. The topological polar surface area (TPSA) is 12.0 Å². The Morgan fingerprint density at radius 3 is 2.62 bits per heavy atom. The van der Waals surface area contributed by atoms with Gasteiger partial charge in [0, 0.05) is 0 Å². The van der Waals surface area contributed by atoms with Gasteiger partial charge in [0.25, 0.3) is 0 Å². The molecule has 0 aliphatic heterocycles. The van der Waals surface area contributed by atoms with Gasteiger partial charge in [-0.1, -0.05) is 13.8 Å². The molecule has 0 heterocycles. The summed E-state index contributed by atoms with van der Waals surface area (Å²) in [5, 5.41) is 3.27. The summed E-state index contributed by atoms with van der Waals surface area (Å²) in [6.45, 7) is 6.59. The molecule has 0 aromatic heterocycles. The third kappa shape index (κ3) is 6.39. The lowest BCUT2D eigenvalue weighted by Gasteiger charge is -2.02. The molecular formula is C6H16NP. The van der Waals surface area contributed by atoms with E-state index in [4.69, 9.17) is 0 Å². The molecule has 0 aromatic carbocycles. The zero-order valence-electron chi connectivity index (χ0n) is 5.78. The van der Waals surface area contributed by atoms with Crippen molar-refractivity contribution in [1.82, 2.24) is 5.32 Å². The average molecular weight is 133 g/mol. The van der Waals surface area contributed by atoms with Crippen molar-refractivity contribution in [2.45, 2.75) is 25.9 Å². The van der Waals surface area contributed by atoms with E-state index in [1.807, 2.05) is 0 Å². The Labute approximate surface area is 54.4 Å². The SMILES string of the molecule is CCNCC[C@H](C)P. The number of rotatable bonds is 4. The minimum absolute atomic E-state index is 0.758. The van der Waals surface area contributed by atoms with Crippen molar-refractivity contribution in [1.29, 1.82) is 0 Å². The summed E-state index contributed by atoms with van der Waals surface area (Å²) < 4.78 is 0. The highest BCUT2D eigenvalue weighted by Crippen LogP contribution is 2.00. The summed E-state index contributed by atoms with van der Waals surface area (Å²) in [4.78, 5) is 0. The summed E-state index contributed by atoms with van der Waals surface area (Å²) in [5.74, 6) is 0. The minimum Gasteiger partial charge on any atom is -0.317 e. The van der Waals surface area contributed by atoms with Crippen LogP contribution >= 0.6 is 9.24 Å². The van der Waals surface area contributed by atoms with Crippen LogP contribution < -0.4 is 5.32 Å². The van der Waals surface area contributed by atoms with Gasteiger partial charge in [-0.05, 0) is 25.2 Å². The first-order valence-electron chi connectivity index (χ1n) is 3.23. The van der Waals surface area contributed by atoms with E-state index in [1.54, 1.807) is 0 Å². The number of hydrogen-bond acceptors (Lipinski definition) is 1. The van der Waals surface area contributed by atoms with Gasteiger partial charge in [0.1, 0.15) is 0 Å². The molecule has 0 bridgehead atoms. The van der Waals surface area contributed by atoms with Crippen molar-refractivity contribution in [3.8, 4) is 0 Å². The smallest absolute Gasteiger partial charge is 0.00433 e. The molecule has 2 atom stereocenters. The van der Waals surface area contributed by atoms with E-state index in [9.17, 15) is 0 Å². The third-order valence-corrected chi connectivity index (χ3v) is 1.36. The summed E-state index contributed by atoms with van der Waals surface area (Å²) in [6, 6.07) is 0. The van der Waals surface area contributed by atoms with E-state index in [0.717, 1.165) is 18.7 Å². The van der Waals surface area contributed by atoms with Gasteiger partial charge in [0.05, 0.1) is 0 Å². The van der Waals surface area contributed by atoms with Crippen molar-refractivity contribution in [3.05, 3.63) is 0 Å². The van der Waals surface area contributed by atoms with Crippen LogP contribution in [0.5, 0.6) is 0 Å². The highest BCUT2D eigenvalue weighted by atomic mass is 31.0. The Morgan fingerprint density at radius 1 is 1.62 bits per heavy atom. The molecule has 0 rings (SSSR count). The fourth-order valence-electron chi connectivity index (χ4n) is 0.507. The van der Waals surface area contributed by atoms with Crippen LogP contribution in [-0.4, -0.2) is 18.7 Å². The van der Waals surface area contributed by atoms with E-state index in [-0.39, 0.29) is 0 Å². The predicted octanol–water partition coefficient (Wildman–Crippen LogP) is 1.25. The maximum Gasteiger partial charge on any atom is -0.00433 e. The largest absolute Gasteiger partial charge is 0.317 e. The van der Waals surface area contributed by atoms with Crippen LogP contribution in [0.15, 0.2) is 0 Å². The molecule has 1 N–H and O–H groups in total. The predicted molar refractivity (Wildman–Crippen MR) is 42.3 cm³/mol. The lowest BCUT2D eigenvalue weighted by molar-refractivity contribution is 0.670. The van der Waals surface area contributed by atoms with Crippen molar-refractivity contribution in [2.24, 2.45) is 0 Å². The highest BCUT2D eigenvalue weighted by molar-refractivity contribution is 7.17. The summed E-state index contributed by atoms with van der Waals surface area (Å²) >= 11 is 0. The van der Waals surface area contributed by atoms with Crippen molar-refractivity contribution in [2.75, 3.05) is 13.1 Å². The Morgan fingerprint density at radius 2 is 2.25 bits per heavy atom. The molecule has 0 saturated heterocycles. The molecule has 0 aromatic rings. The van der Waals surface area contributed by atoms with Gasteiger partial charge in [-0.2, -0.15) is 0 Å². The molecule has 2 heteroatoms. The average Bonchev–Trinajstić information content (AvgIpc) is 1.66. The molecule has 1 nitrogen and oxygen atoms in total. The van der Waals surface area contributed by atoms with Gasteiger partial charge >= 0.3 is 0 Å². The molecule has 1 unspecified atom stereocenters. The van der Waals surface area contributed by atoms with Gasteiger partial charge in [0.15, 0.2) is 0 Å². The van der Waals surface area contributed by atoms with Crippen LogP contribution in [0, 0.1) is 0 Å². The van der Waals surface area contributed by atoms with Gasteiger partial charge in [0.2, 0.25) is 0 Å². The van der Waals surface area contributed by atoms with Crippen LogP contribution in [0.1, 0.15) is 20.3 Å². The summed E-state index contributed by atoms with van der Waals surface area (Å²) in [6.07, 6.45) is 1.26.